The normalized spacial score (nSPS) is 12.3. The second-order valence-corrected chi connectivity index (χ2v) is 8.48. The molecule has 9 heteroatoms. The van der Waals surface area contributed by atoms with Crippen LogP contribution in [0.15, 0.2) is 30.3 Å². The number of sulfonamides is 2. The summed E-state index contributed by atoms with van der Waals surface area (Å²) in [5.74, 6) is 0. The van der Waals surface area contributed by atoms with Gasteiger partial charge in [0.05, 0.1) is 28.9 Å². The molecule has 2 rings (SSSR count). The molecule has 0 aromatic heterocycles. The molecule has 0 fully saturated rings. The fourth-order valence-electron chi connectivity index (χ4n) is 1.91. The van der Waals surface area contributed by atoms with Gasteiger partial charge in [0, 0.05) is 10.8 Å². The molecule has 0 spiro atoms. The molecule has 6 nitrogen and oxygen atoms in total. The van der Waals surface area contributed by atoms with Crippen LogP contribution in [0.1, 0.15) is 0 Å². The zero-order chi connectivity index (χ0) is 15.8. The van der Waals surface area contributed by atoms with E-state index in [9.17, 15) is 16.8 Å². The van der Waals surface area contributed by atoms with Crippen LogP contribution in [-0.2, 0) is 20.0 Å². The second-order valence-electron chi connectivity index (χ2n) is 4.57. The predicted molar refractivity (Wildman–Crippen MR) is 85.9 cm³/mol. The molecule has 2 N–H and O–H groups in total. The molecular formula is C12H13ClN2O4S2. The Morgan fingerprint density at radius 1 is 0.905 bits per heavy atom. The summed E-state index contributed by atoms with van der Waals surface area (Å²) in [6, 6.07) is 8.12. The van der Waals surface area contributed by atoms with Crippen molar-refractivity contribution in [2.24, 2.45) is 0 Å². The summed E-state index contributed by atoms with van der Waals surface area (Å²) >= 11 is 6.08. The molecule has 0 amide bonds. The summed E-state index contributed by atoms with van der Waals surface area (Å²) < 4.78 is 50.4. The lowest BCUT2D eigenvalue weighted by Gasteiger charge is -2.14. The van der Waals surface area contributed by atoms with E-state index in [2.05, 4.69) is 9.44 Å². The highest BCUT2D eigenvalue weighted by Gasteiger charge is 2.15. The highest BCUT2D eigenvalue weighted by atomic mass is 35.5. The maximum Gasteiger partial charge on any atom is 0.229 e. The van der Waals surface area contributed by atoms with Crippen molar-refractivity contribution in [1.82, 2.24) is 0 Å². The summed E-state index contributed by atoms with van der Waals surface area (Å²) in [4.78, 5) is 0. The van der Waals surface area contributed by atoms with Gasteiger partial charge in [0.15, 0.2) is 0 Å². The number of nitrogens with one attached hydrogen (secondary N) is 2. The number of hydrogen-bond donors (Lipinski definition) is 2. The predicted octanol–water partition coefficient (Wildman–Crippen LogP) is 2.24. The van der Waals surface area contributed by atoms with Gasteiger partial charge in [-0.05, 0) is 6.07 Å². The smallest absolute Gasteiger partial charge is 0.229 e. The van der Waals surface area contributed by atoms with Gasteiger partial charge in [-0.2, -0.15) is 0 Å². The molecular weight excluding hydrogens is 336 g/mol. The first-order valence-electron chi connectivity index (χ1n) is 5.74. The Morgan fingerprint density at radius 2 is 1.43 bits per heavy atom. The number of benzene rings is 2. The summed E-state index contributed by atoms with van der Waals surface area (Å²) in [6.07, 6.45) is 2.04. The lowest BCUT2D eigenvalue weighted by molar-refractivity contribution is 0.605. The number of rotatable bonds is 4. The first kappa shape index (κ1) is 15.9. The van der Waals surface area contributed by atoms with Crippen LogP contribution in [0.3, 0.4) is 0 Å². The fourth-order valence-corrected chi connectivity index (χ4v) is 3.39. The summed E-state index contributed by atoms with van der Waals surface area (Å²) in [5, 5.41) is 1.14. The van der Waals surface area contributed by atoms with Crippen molar-refractivity contribution in [1.29, 1.82) is 0 Å². The van der Waals surface area contributed by atoms with Crippen molar-refractivity contribution in [3.05, 3.63) is 35.4 Å². The fraction of sp³-hybridized carbons (Fsp3) is 0.167. The van der Waals surface area contributed by atoms with Crippen molar-refractivity contribution in [3.63, 3.8) is 0 Å². The van der Waals surface area contributed by atoms with Gasteiger partial charge >= 0.3 is 0 Å². The van der Waals surface area contributed by atoms with Gasteiger partial charge in [-0.15, -0.1) is 0 Å². The molecule has 0 unspecified atom stereocenters. The van der Waals surface area contributed by atoms with Gasteiger partial charge in [0.1, 0.15) is 0 Å². The zero-order valence-corrected chi connectivity index (χ0v) is 13.6. The van der Waals surface area contributed by atoms with E-state index >= 15 is 0 Å². The quantitative estimate of drug-likeness (QED) is 0.886. The molecule has 0 heterocycles. The summed E-state index contributed by atoms with van der Waals surface area (Å²) in [6.45, 7) is 0. The SMILES string of the molecule is CS(=O)(=O)Nc1cc(Cl)c(NS(C)(=O)=O)c2ccccc12. The Hall–Kier alpha value is -1.51. The number of halogens is 1. The van der Waals surface area contributed by atoms with Crippen LogP contribution >= 0.6 is 11.6 Å². The molecule has 2 aromatic rings. The Bertz CT molecular complexity index is 908. The minimum absolute atomic E-state index is 0.102. The monoisotopic (exact) mass is 348 g/mol. The van der Waals surface area contributed by atoms with Crippen molar-refractivity contribution in [2.75, 3.05) is 22.0 Å². The van der Waals surface area contributed by atoms with Gasteiger partial charge in [0.25, 0.3) is 0 Å². The van der Waals surface area contributed by atoms with E-state index in [0.717, 1.165) is 12.5 Å². The minimum Gasteiger partial charge on any atom is -0.283 e. The highest BCUT2D eigenvalue weighted by Crippen LogP contribution is 2.37. The molecule has 0 aliphatic rings. The Balaban J connectivity index is 2.75. The van der Waals surface area contributed by atoms with Crippen LogP contribution in [0.4, 0.5) is 11.4 Å². The highest BCUT2D eigenvalue weighted by molar-refractivity contribution is 7.92. The maximum atomic E-state index is 11.4. The van der Waals surface area contributed by atoms with Gasteiger partial charge in [-0.3, -0.25) is 9.44 Å². The van der Waals surface area contributed by atoms with Crippen LogP contribution < -0.4 is 9.44 Å². The van der Waals surface area contributed by atoms with Gasteiger partial charge < -0.3 is 0 Å². The molecule has 0 saturated heterocycles. The third-order valence-corrected chi connectivity index (χ3v) is 4.04. The average Bonchev–Trinajstić information content (AvgIpc) is 2.31. The van der Waals surface area contributed by atoms with E-state index in [1.165, 1.54) is 6.07 Å². The largest absolute Gasteiger partial charge is 0.283 e. The Kier molecular flexibility index (Phi) is 4.05. The van der Waals surface area contributed by atoms with Gasteiger partial charge in [0.2, 0.25) is 20.0 Å². The lowest BCUT2D eigenvalue weighted by Crippen LogP contribution is -2.12. The molecule has 0 aliphatic carbocycles. The van der Waals surface area contributed by atoms with Crippen LogP contribution in [-0.4, -0.2) is 29.3 Å². The summed E-state index contributed by atoms with van der Waals surface area (Å²) in [7, 11) is -6.99. The van der Waals surface area contributed by atoms with Gasteiger partial charge in [-0.25, -0.2) is 16.8 Å². The first-order chi connectivity index (χ1) is 9.57. The standard InChI is InChI=1S/C12H13ClN2O4S2/c1-20(16,17)14-11-7-10(13)12(15-21(2,18)19)9-6-4-3-5-8(9)11/h3-7,14-15H,1-2H3. The average molecular weight is 349 g/mol. The van der Waals surface area contributed by atoms with Crippen LogP contribution in [0.2, 0.25) is 5.02 Å². The van der Waals surface area contributed by atoms with Crippen LogP contribution in [0.25, 0.3) is 10.8 Å². The third-order valence-electron chi connectivity index (χ3n) is 2.58. The van der Waals surface area contributed by atoms with Crippen LogP contribution in [0.5, 0.6) is 0 Å². The van der Waals surface area contributed by atoms with E-state index < -0.39 is 20.0 Å². The number of anilines is 2. The maximum absolute atomic E-state index is 11.4. The second kappa shape index (κ2) is 5.36. The lowest BCUT2D eigenvalue weighted by atomic mass is 10.1. The van der Waals surface area contributed by atoms with E-state index in [1.807, 2.05) is 0 Å². The van der Waals surface area contributed by atoms with E-state index in [0.29, 0.717) is 10.8 Å². The first-order valence-corrected chi connectivity index (χ1v) is 9.90. The number of fused-ring (bicyclic) bond motifs is 1. The van der Waals surface area contributed by atoms with Crippen molar-refractivity contribution in [2.45, 2.75) is 0 Å². The Morgan fingerprint density at radius 3 is 1.95 bits per heavy atom. The minimum atomic E-state index is -3.51. The van der Waals surface area contributed by atoms with E-state index in [4.69, 9.17) is 11.6 Å². The van der Waals surface area contributed by atoms with Crippen molar-refractivity contribution in [3.8, 4) is 0 Å². The van der Waals surface area contributed by atoms with Crippen molar-refractivity contribution >= 4 is 53.8 Å². The zero-order valence-electron chi connectivity index (χ0n) is 11.2. The topological polar surface area (TPSA) is 92.3 Å². The molecule has 0 radical (unpaired) electrons. The molecule has 0 bridgehead atoms. The molecule has 2 aromatic carbocycles. The van der Waals surface area contributed by atoms with Crippen molar-refractivity contribution < 1.29 is 16.8 Å². The molecule has 0 saturated carbocycles. The van der Waals surface area contributed by atoms with Crippen LogP contribution in [0, 0.1) is 0 Å². The van der Waals surface area contributed by atoms with E-state index in [1.54, 1.807) is 24.3 Å². The number of hydrogen-bond acceptors (Lipinski definition) is 4. The summed E-state index contributed by atoms with van der Waals surface area (Å²) in [5.41, 5.74) is 0.506. The van der Waals surface area contributed by atoms with E-state index in [-0.39, 0.29) is 16.4 Å². The molecule has 114 valence electrons. The molecule has 21 heavy (non-hydrogen) atoms. The molecule has 0 atom stereocenters. The Labute approximate surface area is 128 Å². The van der Waals surface area contributed by atoms with Gasteiger partial charge in [-0.1, -0.05) is 35.9 Å². The third kappa shape index (κ3) is 3.99. The molecule has 0 aliphatic heterocycles.